The van der Waals surface area contributed by atoms with Crippen molar-refractivity contribution in [2.75, 3.05) is 19.7 Å². The molecule has 0 aromatic rings. The maximum atomic E-state index is 11.5. The Morgan fingerprint density at radius 3 is 2.38 bits per heavy atom. The van der Waals surface area contributed by atoms with Gasteiger partial charge in [0.05, 0.1) is 6.10 Å². The second-order valence-corrected chi connectivity index (χ2v) is 4.83. The van der Waals surface area contributed by atoms with Crippen LogP contribution in [0.4, 0.5) is 0 Å². The van der Waals surface area contributed by atoms with Crippen LogP contribution in [0.1, 0.15) is 33.6 Å². The molecule has 1 atom stereocenters. The molecule has 0 spiro atoms. The second-order valence-electron chi connectivity index (χ2n) is 4.83. The summed E-state index contributed by atoms with van der Waals surface area (Å²) in [7, 11) is 0. The van der Waals surface area contributed by atoms with Crippen LogP contribution in [0.3, 0.4) is 0 Å². The van der Waals surface area contributed by atoms with Gasteiger partial charge in [-0.1, -0.05) is 0 Å². The minimum absolute atomic E-state index is 0.150. The Hall–Kier alpha value is -0.610. The summed E-state index contributed by atoms with van der Waals surface area (Å²) in [5.41, 5.74) is 0. The smallest absolute Gasteiger partial charge is 0.251 e. The quantitative estimate of drug-likeness (QED) is 0.783. The number of amides is 1. The highest BCUT2D eigenvalue weighted by Crippen LogP contribution is 2.18. The number of aliphatic hydroxyl groups is 1. The van der Waals surface area contributed by atoms with Crippen LogP contribution in [0.2, 0.25) is 0 Å². The van der Waals surface area contributed by atoms with E-state index in [9.17, 15) is 9.90 Å². The van der Waals surface area contributed by atoms with E-state index < -0.39 is 6.10 Å². The molecule has 0 unspecified atom stereocenters. The molecular formula is C12H23NO3. The normalized spacial score (nSPS) is 20.2. The van der Waals surface area contributed by atoms with Crippen LogP contribution >= 0.6 is 0 Å². The van der Waals surface area contributed by atoms with Crippen molar-refractivity contribution in [3.05, 3.63) is 0 Å². The summed E-state index contributed by atoms with van der Waals surface area (Å²) in [5.74, 6) is 0.406. The molecule has 1 aliphatic rings. The lowest BCUT2D eigenvalue weighted by atomic mass is 9.97. The van der Waals surface area contributed by atoms with Crippen LogP contribution in [-0.4, -0.2) is 47.8 Å². The summed E-state index contributed by atoms with van der Waals surface area (Å²) in [6, 6.07) is 0. The van der Waals surface area contributed by atoms with Crippen molar-refractivity contribution in [2.45, 2.75) is 45.8 Å². The number of carbonyl (C=O) groups excluding carboxylic acids is 1. The molecule has 94 valence electrons. The molecule has 4 heteroatoms. The number of ether oxygens (including phenoxy) is 1. The van der Waals surface area contributed by atoms with E-state index in [1.807, 2.05) is 13.8 Å². The van der Waals surface area contributed by atoms with E-state index in [2.05, 4.69) is 0 Å². The molecule has 1 heterocycles. The Bertz CT molecular complexity index is 220. The number of rotatable bonds is 4. The lowest BCUT2D eigenvalue weighted by Crippen LogP contribution is -2.43. The van der Waals surface area contributed by atoms with Gasteiger partial charge in [-0.25, -0.2) is 0 Å². The zero-order chi connectivity index (χ0) is 12.1. The number of piperidine rings is 1. The molecular weight excluding hydrogens is 206 g/mol. The lowest BCUT2D eigenvalue weighted by molar-refractivity contribution is -0.141. The summed E-state index contributed by atoms with van der Waals surface area (Å²) in [6.45, 7) is 7.87. The first kappa shape index (κ1) is 13.5. The van der Waals surface area contributed by atoms with Crippen molar-refractivity contribution in [2.24, 2.45) is 5.92 Å². The number of nitrogens with zero attached hydrogens (tertiary/aromatic N) is 1. The van der Waals surface area contributed by atoms with Gasteiger partial charge < -0.3 is 14.7 Å². The summed E-state index contributed by atoms with van der Waals surface area (Å²) >= 11 is 0. The maximum Gasteiger partial charge on any atom is 0.251 e. The average molecular weight is 229 g/mol. The average Bonchev–Trinajstić information content (AvgIpc) is 2.26. The Labute approximate surface area is 97.6 Å². The molecule has 0 radical (unpaired) electrons. The van der Waals surface area contributed by atoms with Crippen molar-refractivity contribution < 1.29 is 14.6 Å². The first-order chi connectivity index (χ1) is 7.50. The van der Waals surface area contributed by atoms with Gasteiger partial charge in [0.25, 0.3) is 5.91 Å². The van der Waals surface area contributed by atoms with Gasteiger partial charge in [-0.05, 0) is 39.5 Å². The number of hydrogen-bond donors (Lipinski definition) is 1. The molecule has 16 heavy (non-hydrogen) atoms. The predicted octanol–water partition coefficient (Wildman–Crippen LogP) is 1.03. The van der Waals surface area contributed by atoms with Crippen LogP contribution in [0, 0.1) is 5.92 Å². The molecule has 4 nitrogen and oxygen atoms in total. The van der Waals surface area contributed by atoms with Gasteiger partial charge in [0, 0.05) is 19.7 Å². The van der Waals surface area contributed by atoms with Crippen LogP contribution in [-0.2, 0) is 9.53 Å². The summed E-state index contributed by atoms with van der Waals surface area (Å²) < 4.78 is 5.57. The van der Waals surface area contributed by atoms with Gasteiger partial charge in [0.15, 0.2) is 0 Å². The van der Waals surface area contributed by atoms with Gasteiger partial charge in [-0.2, -0.15) is 0 Å². The first-order valence-electron chi connectivity index (χ1n) is 6.09. The molecule has 1 N–H and O–H groups in total. The van der Waals surface area contributed by atoms with Gasteiger partial charge in [-0.3, -0.25) is 4.79 Å². The SMILES string of the molecule is CC(C)OCC1CCN(C(=O)[C@H](C)O)CC1. The van der Waals surface area contributed by atoms with Gasteiger partial charge in [-0.15, -0.1) is 0 Å². The molecule has 1 rings (SSSR count). The van der Waals surface area contributed by atoms with Crippen molar-refractivity contribution in [1.82, 2.24) is 4.90 Å². The molecule has 0 saturated carbocycles. The highest BCUT2D eigenvalue weighted by molar-refractivity contribution is 5.80. The minimum atomic E-state index is -0.872. The van der Waals surface area contributed by atoms with Crippen molar-refractivity contribution in [3.63, 3.8) is 0 Å². The summed E-state index contributed by atoms with van der Waals surface area (Å²) in [4.78, 5) is 13.3. The second kappa shape index (κ2) is 6.21. The molecule has 1 saturated heterocycles. The Balaban J connectivity index is 2.26. The minimum Gasteiger partial charge on any atom is -0.384 e. The molecule has 0 aromatic carbocycles. The monoisotopic (exact) mass is 229 g/mol. The van der Waals surface area contributed by atoms with E-state index in [1.165, 1.54) is 6.92 Å². The third-order valence-electron chi connectivity index (χ3n) is 2.95. The number of aliphatic hydroxyl groups excluding tert-OH is 1. The fourth-order valence-electron chi connectivity index (χ4n) is 1.91. The zero-order valence-corrected chi connectivity index (χ0v) is 10.5. The van der Waals surface area contributed by atoms with E-state index in [0.29, 0.717) is 5.92 Å². The summed E-state index contributed by atoms with van der Waals surface area (Å²) in [5, 5.41) is 9.20. The Morgan fingerprint density at radius 2 is 1.94 bits per heavy atom. The first-order valence-corrected chi connectivity index (χ1v) is 6.09. The lowest BCUT2D eigenvalue weighted by Gasteiger charge is -2.32. The molecule has 1 aliphatic heterocycles. The van der Waals surface area contributed by atoms with Gasteiger partial charge in [0.2, 0.25) is 0 Å². The van der Waals surface area contributed by atoms with E-state index in [1.54, 1.807) is 4.90 Å². The fourth-order valence-corrected chi connectivity index (χ4v) is 1.91. The Kier molecular flexibility index (Phi) is 5.22. The number of likely N-dealkylation sites (tertiary alicyclic amines) is 1. The van der Waals surface area contributed by atoms with Crippen LogP contribution in [0.5, 0.6) is 0 Å². The number of carbonyl (C=O) groups is 1. The highest BCUT2D eigenvalue weighted by atomic mass is 16.5. The largest absolute Gasteiger partial charge is 0.384 e. The molecule has 0 aromatic heterocycles. The van der Waals surface area contributed by atoms with Crippen LogP contribution in [0.15, 0.2) is 0 Å². The van der Waals surface area contributed by atoms with E-state index >= 15 is 0 Å². The molecule has 1 fully saturated rings. The van der Waals surface area contributed by atoms with Crippen molar-refractivity contribution in [3.8, 4) is 0 Å². The van der Waals surface area contributed by atoms with Gasteiger partial charge in [0.1, 0.15) is 6.10 Å². The van der Waals surface area contributed by atoms with Crippen molar-refractivity contribution >= 4 is 5.91 Å². The van der Waals surface area contributed by atoms with Crippen LogP contribution in [0.25, 0.3) is 0 Å². The van der Waals surface area contributed by atoms with Gasteiger partial charge >= 0.3 is 0 Å². The summed E-state index contributed by atoms with van der Waals surface area (Å²) in [6.07, 6.45) is 1.36. The van der Waals surface area contributed by atoms with Crippen LogP contribution < -0.4 is 0 Å². The third-order valence-corrected chi connectivity index (χ3v) is 2.95. The Morgan fingerprint density at radius 1 is 1.38 bits per heavy atom. The van der Waals surface area contributed by atoms with E-state index in [-0.39, 0.29) is 12.0 Å². The predicted molar refractivity (Wildman–Crippen MR) is 62.1 cm³/mol. The molecule has 0 aliphatic carbocycles. The number of hydrogen-bond acceptors (Lipinski definition) is 3. The molecule has 0 bridgehead atoms. The maximum absolute atomic E-state index is 11.5. The fraction of sp³-hybridized carbons (Fsp3) is 0.917. The molecule has 1 amide bonds. The van der Waals surface area contributed by atoms with E-state index in [0.717, 1.165) is 32.5 Å². The standard InChI is InChI=1S/C12H23NO3/c1-9(2)16-8-11-4-6-13(7-5-11)12(15)10(3)14/h9-11,14H,4-8H2,1-3H3/t10-/m0/s1. The zero-order valence-electron chi connectivity index (χ0n) is 10.5. The highest BCUT2D eigenvalue weighted by Gasteiger charge is 2.25. The van der Waals surface area contributed by atoms with Crippen molar-refractivity contribution in [1.29, 1.82) is 0 Å². The third kappa shape index (κ3) is 4.10. The topological polar surface area (TPSA) is 49.8 Å². The van der Waals surface area contributed by atoms with E-state index in [4.69, 9.17) is 4.74 Å².